The molecule has 0 spiro atoms. The van der Waals surface area contributed by atoms with E-state index < -0.39 is 0 Å². The third kappa shape index (κ3) is 7.58. The van der Waals surface area contributed by atoms with Crippen molar-refractivity contribution in [2.24, 2.45) is 4.99 Å². The second kappa shape index (κ2) is 11.8. The Hall–Kier alpha value is -2.73. The van der Waals surface area contributed by atoms with Gasteiger partial charge < -0.3 is 24.5 Å². The first-order valence-electron chi connectivity index (χ1n) is 9.09. The quantitative estimate of drug-likeness (QED) is 0.275. The highest BCUT2D eigenvalue weighted by Gasteiger charge is 2.06. The minimum absolute atomic E-state index is 0.510. The number of furan rings is 1. The molecule has 1 heterocycles. The summed E-state index contributed by atoms with van der Waals surface area (Å²) in [5.74, 6) is 2.51. The Kier molecular flexibility index (Phi) is 9.00. The normalized spacial score (nSPS) is 11.3. The number of hydrogen-bond donors (Lipinski definition) is 2. The summed E-state index contributed by atoms with van der Waals surface area (Å²) in [5.41, 5.74) is 2.18. The van der Waals surface area contributed by atoms with Gasteiger partial charge in [-0.25, -0.2) is 4.99 Å². The topological polar surface area (TPSA) is 68.0 Å². The van der Waals surface area contributed by atoms with Crippen molar-refractivity contribution in [3.05, 3.63) is 66.1 Å². The number of aryl methyl sites for hydroxylation is 1. The van der Waals surface area contributed by atoms with Crippen molar-refractivity contribution in [2.45, 2.75) is 19.9 Å². The highest BCUT2D eigenvalue weighted by molar-refractivity contribution is 5.80. The fraction of sp³-hybridized carbons (Fsp3) is 0.381. The van der Waals surface area contributed by atoms with Crippen molar-refractivity contribution in [3.8, 4) is 5.75 Å². The first-order valence-corrected chi connectivity index (χ1v) is 9.09. The maximum absolute atomic E-state index is 5.84. The molecule has 0 amide bonds. The predicted molar refractivity (Wildman–Crippen MR) is 108 cm³/mol. The lowest BCUT2D eigenvalue weighted by atomic mass is 10.1. The lowest BCUT2D eigenvalue weighted by Gasteiger charge is -2.13. The summed E-state index contributed by atoms with van der Waals surface area (Å²) in [5, 5.41) is 6.55. The van der Waals surface area contributed by atoms with Gasteiger partial charge in [-0.2, -0.15) is 0 Å². The average Bonchev–Trinajstić information content (AvgIpc) is 3.18. The van der Waals surface area contributed by atoms with Gasteiger partial charge in [-0.1, -0.05) is 18.2 Å². The zero-order valence-corrected chi connectivity index (χ0v) is 16.2. The Balaban J connectivity index is 1.99. The molecule has 0 aliphatic carbocycles. The van der Waals surface area contributed by atoms with Crippen LogP contribution in [0.5, 0.6) is 5.75 Å². The molecule has 2 N–H and O–H groups in total. The van der Waals surface area contributed by atoms with Gasteiger partial charge in [-0.3, -0.25) is 0 Å². The molecule has 0 bridgehead atoms. The first kappa shape index (κ1) is 20.6. The van der Waals surface area contributed by atoms with E-state index in [0.717, 1.165) is 41.6 Å². The molecule has 0 unspecified atom stereocenters. The number of aliphatic imine (C=N–C) groups is 1. The molecule has 0 fully saturated rings. The van der Waals surface area contributed by atoms with Crippen LogP contribution in [0.4, 0.5) is 0 Å². The molecule has 6 nitrogen and oxygen atoms in total. The van der Waals surface area contributed by atoms with Gasteiger partial charge >= 0.3 is 0 Å². The van der Waals surface area contributed by atoms with E-state index in [0.29, 0.717) is 26.3 Å². The molecule has 1 aromatic heterocycles. The van der Waals surface area contributed by atoms with Crippen molar-refractivity contribution < 1.29 is 13.9 Å². The molecule has 0 aliphatic heterocycles. The van der Waals surface area contributed by atoms with Crippen LogP contribution in [-0.2, 0) is 17.7 Å². The molecule has 0 saturated heterocycles. The number of ether oxygens (including phenoxy) is 2. The Bertz CT molecular complexity index is 711. The number of nitrogens with zero attached hydrogens (tertiary/aromatic N) is 1. The van der Waals surface area contributed by atoms with Gasteiger partial charge in [0.1, 0.15) is 18.1 Å². The standard InChI is InChI=1S/C21H29N3O3/c1-4-10-22-21(23-11-9-19-6-5-12-26-19)24-16-18-8-7-17(2)15-20(18)27-14-13-25-3/h4-8,12,15H,1,9-11,13-14,16H2,2-3H3,(H2,22,23,24). The van der Waals surface area contributed by atoms with Crippen molar-refractivity contribution in [2.75, 3.05) is 33.4 Å². The predicted octanol–water partition coefficient (Wildman–Crippen LogP) is 3.08. The molecule has 0 atom stereocenters. The molecule has 0 aliphatic rings. The van der Waals surface area contributed by atoms with E-state index in [2.05, 4.69) is 34.3 Å². The second-order valence-corrected chi connectivity index (χ2v) is 6.04. The van der Waals surface area contributed by atoms with Crippen molar-refractivity contribution in [1.29, 1.82) is 0 Å². The van der Waals surface area contributed by atoms with Gasteiger partial charge in [0.2, 0.25) is 0 Å². The lowest BCUT2D eigenvalue weighted by Crippen LogP contribution is -2.38. The van der Waals surface area contributed by atoms with Crippen LogP contribution in [-0.4, -0.2) is 39.4 Å². The first-order chi connectivity index (χ1) is 13.2. The van der Waals surface area contributed by atoms with Crippen LogP contribution in [0, 0.1) is 6.92 Å². The van der Waals surface area contributed by atoms with Gasteiger partial charge in [0.15, 0.2) is 5.96 Å². The number of benzene rings is 1. The van der Waals surface area contributed by atoms with Crippen LogP contribution in [0.15, 0.2) is 58.7 Å². The van der Waals surface area contributed by atoms with E-state index in [1.165, 1.54) is 0 Å². The summed E-state index contributed by atoms with van der Waals surface area (Å²) in [6.07, 6.45) is 4.27. The van der Waals surface area contributed by atoms with Gasteiger partial charge in [0, 0.05) is 32.2 Å². The highest BCUT2D eigenvalue weighted by Crippen LogP contribution is 2.21. The smallest absolute Gasteiger partial charge is 0.191 e. The largest absolute Gasteiger partial charge is 0.491 e. The number of rotatable bonds is 11. The second-order valence-electron chi connectivity index (χ2n) is 6.04. The van der Waals surface area contributed by atoms with E-state index in [-0.39, 0.29) is 0 Å². The van der Waals surface area contributed by atoms with Gasteiger partial charge in [0.25, 0.3) is 0 Å². The van der Waals surface area contributed by atoms with Crippen molar-refractivity contribution in [3.63, 3.8) is 0 Å². The van der Waals surface area contributed by atoms with Gasteiger partial charge in [-0.05, 0) is 30.7 Å². The number of hydrogen-bond acceptors (Lipinski definition) is 4. The van der Waals surface area contributed by atoms with Crippen LogP contribution in [0.1, 0.15) is 16.9 Å². The zero-order valence-electron chi connectivity index (χ0n) is 16.2. The Morgan fingerprint density at radius 3 is 2.89 bits per heavy atom. The minimum atomic E-state index is 0.510. The molecule has 6 heteroatoms. The summed E-state index contributed by atoms with van der Waals surface area (Å²) in [7, 11) is 1.66. The maximum Gasteiger partial charge on any atom is 0.191 e. The Morgan fingerprint density at radius 2 is 2.15 bits per heavy atom. The van der Waals surface area contributed by atoms with Gasteiger partial charge in [-0.15, -0.1) is 6.58 Å². The van der Waals surface area contributed by atoms with E-state index in [1.54, 1.807) is 19.4 Å². The van der Waals surface area contributed by atoms with Crippen LogP contribution >= 0.6 is 0 Å². The molecule has 2 aromatic rings. The summed E-state index contributed by atoms with van der Waals surface area (Å²) in [6.45, 7) is 8.73. The third-order valence-electron chi connectivity index (χ3n) is 3.83. The number of methoxy groups -OCH3 is 1. The van der Waals surface area contributed by atoms with Gasteiger partial charge in [0.05, 0.1) is 19.4 Å². The average molecular weight is 371 g/mol. The Morgan fingerprint density at radius 1 is 1.26 bits per heavy atom. The maximum atomic E-state index is 5.84. The van der Waals surface area contributed by atoms with E-state index >= 15 is 0 Å². The molecular formula is C21H29N3O3. The molecule has 27 heavy (non-hydrogen) atoms. The van der Waals surface area contributed by atoms with Crippen molar-refractivity contribution in [1.82, 2.24) is 10.6 Å². The Labute approximate surface area is 161 Å². The minimum Gasteiger partial charge on any atom is -0.491 e. The summed E-state index contributed by atoms with van der Waals surface area (Å²) in [4.78, 5) is 4.67. The van der Waals surface area contributed by atoms with E-state index in [9.17, 15) is 0 Å². The number of guanidine groups is 1. The molecule has 146 valence electrons. The van der Waals surface area contributed by atoms with Crippen molar-refractivity contribution >= 4 is 5.96 Å². The number of nitrogens with one attached hydrogen (secondary N) is 2. The van der Waals surface area contributed by atoms with Crippen LogP contribution in [0.3, 0.4) is 0 Å². The highest BCUT2D eigenvalue weighted by atomic mass is 16.5. The third-order valence-corrected chi connectivity index (χ3v) is 3.83. The molecule has 0 radical (unpaired) electrons. The molecule has 1 aromatic carbocycles. The van der Waals surface area contributed by atoms with E-state index in [4.69, 9.17) is 13.9 Å². The van der Waals surface area contributed by atoms with Crippen LogP contribution in [0.2, 0.25) is 0 Å². The fourth-order valence-electron chi connectivity index (χ4n) is 2.43. The fourth-order valence-corrected chi connectivity index (χ4v) is 2.43. The monoisotopic (exact) mass is 371 g/mol. The van der Waals surface area contributed by atoms with Crippen LogP contribution < -0.4 is 15.4 Å². The lowest BCUT2D eigenvalue weighted by molar-refractivity contribution is 0.146. The summed E-state index contributed by atoms with van der Waals surface area (Å²) < 4.78 is 16.3. The summed E-state index contributed by atoms with van der Waals surface area (Å²) >= 11 is 0. The van der Waals surface area contributed by atoms with E-state index in [1.807, 2.05) is 25.1 Å². The SMILES string of the molecule is C=CCNC(=NCc1ccc(C)cc1OCCOC)NCCc1ccco1. The molecular weight excluding hydrogens is 342 g/mol. The summed E-state index contributed by atoms with van der Waals surface area (Å²) in [6, 6.07) is 10.0. The molecule has 0 saturated carbocycles. The molecule has 2 rings (SSSR count). The van der Waals surface area contributed by atoms with Crippen LogP contribution in [0.25, 0.3) is 0 Å². The zero-order chi connectivity index (χ0) is 19.3.